The fourth-order valence-corrected chi connectivity index (χ4v) is 5.54. The highest BCUT2D eigenvalue weighted by Gasteiger charge is 2.45. The van der Waals surface area contributed by atoms with Gasteiger partial charge >= 0.3 is 5.97 Å². The van der Waals surface area contributed by atoms with Crippen LogP contribution >= 0.6 is 0 Å². The van der Waals surface area contributed by atoms with Crippen molar-refractivity contribution in [2.45, 2.75) is 122 Å². The van der Waals surface area contributed by atoms with Gasteiger partial charge < -0.3 is 4.84 Å². The molecule has 3 rings (SSSR count). The molecule has 2 fully saturated rings. The molecule has 1 aliphatic carbocycles. The highest BCUT2D eigenvalue weighted by molar-refractivity contribution is 5.92. The minimum absolute atomic E-state index is 0.0314. The van der Waals surface area contributed by atoms with Crippen molar-refractivity contribution in [2.75, 3.05) is 0 Å². The number of rotatable bonds is 4. The largest absolute Gasteiger partial charge is 0.363 e. The molecule has 0 saturated carbocycles. The average Bonchev–Trinajstić information content (AvgIpc) is 2.86. The maximum atomic E-state index is 13.0. The Morgan fingerprint density at radius 2 is 1.29 bits per heavy atom. The summed E-state index contributed by atoms with van der Waals surface area (Å²) in [4.78, 5) is 25.4. The number of carbonyl (C=O) groups excluding carboxylic acids is 1. The van der Waals surface area contributed by atoms with Gasteiger partial charge in [-0.1, -0.05) is 6.08 Å². The number of nitrogens with zero attached hydrogens (tertiary/aromatic N) is 2. The maximum absolute atomic E-state index is 13.0. The Balaban J connectivity index is 1.69. The molecule has 31 heavy (non-hydrogen) atoms. The third-order valence-corrected chi connectivity index (χ3v) is 7.03. The lowest BCUT2D eigenvalue weighted by atomic mass is 9.82. The van der Waals surface area contributed by atoms with Crippen LogP contribution in [0.15, 0.2) is 36.0 Å². The van der Waals surface area contributed by atoms with E-state index < -0.39 is 0 Å². The quantitative estimate of drug-likeness (QED) is 0.557. The van der Waals surface area contributed by atoms with Crippen LogP contribution in [0.25, 0.3) is 0 Å². The van der Waals surface area contributed by atoms with Crippen molar-refractivity contribution in [3.05, 3.63) is 36.0 Å². The molecule has 2 heterocycles. The molecule has 174 valence electrons. The molecule has 0 radical (unpaired) electrons. The van der Waals surface area contributed by atoms with Crippen molar-refractivity contribution in [1.29, 1.82) is 0 Å². The molecule has 0 aromatic heterocycles. The summed E-state index contributed by atoms with van der Waals surface area (Å²) in [5, 5.41) is 4.06. The van der Waals surface area contributed by atoms with Crippen molar-refractivity contribution in [3.63, 3.8) is 0 Å². The smallest absolute Gasteiger partial charge is 0.357 e. The predicted molar refractivity (Wildman–Crippen MR) is 125 cm³/mol. The molecule has 2 aliphatic heterocycles. The van der Waals surface area contributed by atoms with Crippen LogP contribution in [-0.2, 0) is 14.5 Å². The lowest BCUT2D eigenvalue weighted by molar-refractivity contribution is -0.288. The Bertz CT molecular complexity index is 742. The Morgan fingerprint density at radius 3 is 1.81 bits per heavy atom. The first-order valence-corrected chi connectivity index (χ1v) is 11.8. The number of hydroxylamine groups is 4. The lowest BCUT2D eigenvalue weighted by Crippen LogP contribution is -2.59. The van der Waals surface area contributed by atoms with E-state index in [0.29, 0.717) is 5.57 Å². The van der Waals surface area contributed by atoms with Crippen molar-refractivity contribution in [2.24, 2.45) is 0 Å². The van der Waals surface area contributed by atoms with Gasteiger partial charge in [-0.15, -0.1) is 5.06 Å². The van der Waals surface area contributed by atoms with Gasteiger partial charge in [-0.25, -0.2) is 4.79 Å². The SMILES string of the molecule is CC1(C)CCCC(C)(C)N1OC(=O)C1=CC=CC(ON2C(C)(C)CCCC2(C)C)C=C1. The molecule has 1 atom stereocenters. The Hall–Kier alpha value is -1.43. The van der Waals surface area contributed by atoms with E-state index in [-0.39, 0.29) is 34.2 Å². The van der Waals surface area contributed by atoms with Crippen LogP contribution in [-0.4, -0.2) is 44.4 Å². The summed E-state index contributed by atoms with van der Waals surface area (Å²) < 4.78 is 0. The number of piperidine rings is 2. The van der Waals surface area contributed by atoms with E-state index in [4.69, 9.17) is 9.68 Å². The molecule has 3 aliphatic rings. The first-order valence-electron chi connectivity index (χ1n) is 11.8. The van der Waals surface area contributed by atoms with Crippen LogP contribution in [0, 0.1) is 0 Å². The monoisotopic (exact) mass is 430 g/mol. The minimum Gasteiger partial charge on any atom is -0.363 e. The first-order chi connectivity index (χ1) is 14.2. The zero-order valence-electron chi connectivity index (χ0n) is 20.8. The van der Waals surface area contributed by atoms with E-state index in [2.05, 4.69) is 60.5 Å². The number of allylic oxidation sites excluding steroid dienone is 2. The van der Waals surface area contributed by atoms with E-state index in [1.54, 1.807) is 0 Å². The van der Waals surface area contributed by atoms with Gasteiger partial charge in [-0.05, 0) is 118 Å². The molecular weight excluding hydrogens is 388 g/mol. The van der Waals surface area contributed by atoms with E-state index in [9.17, 15) is 4.79 Å². The highest BCUT2D eigenvalue weighted by atomic mass is 16.7. The van der Waals surface area contributed by atoms with Gasteiger partial charge in [0, 0.05) is 11.1 Å². The second-order valence-electron chi connectivity index (χ2n) is 11.9. The van der Waals surface area contributed by atoms with Crippen molar-refractivity contribution in [1.82, 2.24) is 10.1 Å². The zero-order valence-corrected chi connectivity index (χ0v) is 20.8. The molecule has 5 heteroatoms. The molecule has 2 saturated heterocycles. The molecule has 0 amide bonds. The van der Waals surface area contributed by atoms with Crippen molar-refractivity contribution in [3.8, 4) is 0 Å². The zero-order chi connectivity index (χ0) is 23.1. The first kappa shape index (κ1) is 24.2. The molecule has 0 spiro atoms. The van der Waals surface area contributed by atoms with Crippen LogP contribution in [0.5, 0.6) is 0 Å². The van der Waals surface area contributed by atoms with Crippen LogP contribution in [0.1, 0.15) is 93.9 Å². The molecule has 0 bridgehead atoms. The summed E-state index contributed by atoms with van der Waals surface area (Å²) in [7, 11) is 0. The summed E-state index contributed by atoms with van der Waals surface area (Å²) in [6.45, 7) is 17.5. The lowest BCUT2D eigenvalue weighted by Gasteiger charge is -2.52. The van der Waals surface area contributed by atoms with Gasteiger partial charge in [0.1, 0.15) is 6.10 Å². The Labute approximate surface area is 189 Å². The Kier molecular flexibility index (Phi) is 6.63. The normalized spacial score (nSPS) is 29.8. The molecule has 1 unspecified atom stereocenters. The Morgan fingerprint density at radius 1 is 0.806 bits per heavy atom. The third-order valence-electron chi connectivity index (χ3n) is 7.03. The van der Waals surface area contributed by atoms with E-state index in [1.807, 2.05) is 35.4 Å². The summed E-state index contributed by atoms with van der Waals surface area (Å²) in [6.07, 6.45) is 15.8. The van der Waals surface area contributed by atoms with E-state index in [0.717, 1.165) is 32.1 Å². The number of hydrogen-bond acceptors (Lipinski definition) is 5. The van der Waals surface area contributed by atoms with Crippen molar-refractivity contribution >= 4 is 5.97 Å². The van der Waals surface area contributed by atoms with Crippen molar-refractivity contribution < 1.29 is 14.5 Å². The van der Waals surface area contributed by atoms with Crippen LogP contribution in [0.2, 0.25) is 0 Å². The minimum atomic E-state index is -0.316. The van der Waals surface area contributed by atoms with Gasteiger partial charge in [-0.2, -0.15) is 5.06 Å². The molecule has 0 aromatic rings. The van der Waals surface area contributed by atoms with Gasteiger partial charge in [-0.3, -0.25) is 4.84 Å². The second kappa shape index (κ2) is 8.49. The standard InChI is InChI=1S/C26H42N2O3/c1-23(2)16-10-17-24(3,4)27(23)30-21-13-9-12-20(14-15-21)22(29)31-28-25(5,6)18-11-19-26(28,7)8/h9,12-15,21H,10-11,16-19H2,1-8H3. The fourth-order valence-electron chi connectivity index (χ4n) is 5.54. The summed E-state index contributed by atoms with van der Waals surface area (Å²) in [6, 6.07) is 0. The molecule has 5 nitrogen and oxygen atoms in total. The predicted octanol–water partition coefficient (Wildman–Crippen LogP) is 5.88. The van der Waals surface area contributed by atoms with Gasteiger partial charge in [0.15, 0.2) is 0 Å². The highest BCUT2D eigenvalue weighted by Crippen LogP contribution is 2.40. The van der Waals surface area contributed by atoms with Gasteiger partial charge in [0.2, 0.25) is 0 Å². The van der Waals surface area contributed by atoms with Crippen LogP contribution < -0.4 is 0 Å². The van der Waals surface area contributed by atoms with Gasteiger partial charge in [0.25, 0.3) is 0 Å². The molecule has 0 aromatic carbocycles. The molecular formula is C26H42N2O3. The molecule has 0 N–H and O–H groups in total. The number of carbonyl (C=O) groups is 1. The summed E-state index contributed by atoms with van der Waals surface area (Å²) in [5.41, 5.74) is 0.113. The average molecular weight is 431 g/mol. The summed E-state index contributed by atoms with van der Waals surface area (Å²) >= 11 is 0. The third kappa shape index (κ3) is 5.32. The summed E-state index contributed by atoms with van der Waals surface area (Å²) in [5.74, 6) is -0.316. The number of hydrogen-bond donors (Lipinski definition) is 0. The second-order valence-corrected chi connectivity index (χ2v) is 11.9. The van der Waals surface area contributed by atoms with E-state index >= 15 is 0 Å². The van der Waals surface area contributed by atoms with Crippen LogP contribution in [0.4, 0.5) is 0 Å². The van der Waals surface area contributed by atoms with Crippen LogP contribution in [0.3, 0.4) is 0 Å². The van der Waals surface area contributed by atoms with Gasteiger partial charge in [0.05, 0.1) is 16.7 Å². The topological polar surface area (TPSA) is 42.0 Å². The van der Waals surface area contributed by atoms with E-state index in [1.165, 1.54) is 6.42 Å². The maximum Gasteiger partial charge on any atom is 0.357 e. The fraction of sp³-hybridized carbons (Fsp3) is 0.731.